The van der Waals surface area contributed by atoms with Crippen molar-refractivity contribution in [1.82, 2.24) is 10.2 Å². The van der Waals surface area contributed by atoms with E-state index in [-0.39, 0.29) is 18.5 Å². The van der Waals surface area contributed by atoms with Crippen LogP contribution in [-0.4, -0.2) is 27.8 Å². The minimum atomic E-state index is -4.40. The van der Waals surface area contributed by atoms with Crippen molar-refractivity contribution in [2.75, 3.05) is 17.2 Å². The van der Waals surface area contributed by atoms with Crippen LogP contribution in [0.4, 0.5) is 30.6 Å². The first kappa shape index (κ1) is 18.2. The van der Waals surface area contributed by atoms with Crippen LogP contribution >= 0.6 is 0 Å². The van der Waals surface area contributed by atoms with Gasteiger partial charge in [0.15, 0.2) is 0 Å². The third-order valence-electron chi connectivity index (χ3n) is 3.46. The maximum atomic E-state index is 12.7. The van der Waals surface area contributed by atoms with E-state index in [1.807, 2.05) is 0 Å². The zero-order valence-corrected chi connectivity index (χ0v) is 13.6. The lowest BCUT2D eigenvalue weighted by atomic mass is 10.1. The molecule has 1 heterocycles. The smallest absolute Gasteiger partial charge is 0.416 e. The molecule has 1 aromatic heterocycles. The van der Waals surface area contributed by atoms with Gasteiger partial charge in [-0.3, -0.25) is 4.79 Å². The molecule has 3 aromatic rings. The van der Waals surface area contributed by atoms with Crippen molar-refractivity contribution in [3.05, 3.63) is 54.1 Å². The molecule has 27 heavy (non-hydrogen) atoms. The number of carboxylic acid groups (broad SMARTS) is 1. The highest BCUT2D eigenvalue weighted by atomic mass is 19.4. The predicted molar refractivity (Wildman–Crippen MR) is 90.6 cm³/mol. The van der Waals surface area contributed by atoms with E-state index in [0.717, 1.165) is 12.1 Å². The first-order chi connectivity index (χ1) is 12.8. The van der Waals surface area contributed by atoms with Gasteiger partial charge in [-0.15, -0.1) is 5.10 Å². The first-order valence-electron chi connectivity index (χ1n) is 7.66. The quantitative estimate of drug-likeness (QED) is 0.596. The standard InChI is InChI=1S/C17H13F3N4O3/c18-17(19,20)10-5-7-11(8-6-10)22-13-4-2-1-3-12(13)15-23-24-16(27-15)21-9-14(25)26/h1-8,22H,9H2,(H,21,24)(H,25,26). The van der Waals surface area contributed by atoms with Gasteiger partial charge in [0.25, 0.3) is 5.89 Å². The van der Waals surface area contributed by atoms with Crippen molar-refractivity contribution in [2.24, 2.45) is 0 Å². The van der Waals surface area contributed by atoms with Gasteiger partial charge in [0.05, 0.1) is 16.8 Å². The maximum Gasteiger partial charge on any atom is 0.416 e. The largest absolute Gasteiger partial charge is 0.480 e. The van der Waals surface area contributed by atoms with Gasteiger partial charge < -0.3 is 20.2 Å². The number of rotatable bonds is 6. The predicted octanol–water partition coefficient (Wildman–Crippen LogP) is 4.00. The van der Waals surface area contributed by atoms with Crippen molar-refractivity contribution >= 4 is 23.4 Å². The normalized spacial score (nSPS) is 11.2. The van der Waals surface area contributed by atoms with E-state index in [1.54, 1.807) is 24.3 Å². The molecule has 0 bridgehead atoms. The molecule has 0 spiro atoms. The minimum absolute atomic E-state index is 0.0586. The van der Waals surface area contributed by atoms with Gasteiger partial charge in [0.1, 0.15) is 6.54 Å². The molecule has 0 saturated carbocycles. The molecule has 0 fully saturated rings. The molecule has 0 amide bonds. The van der Waals surface area contributed by atoms with E-state index >= 15 is 0 Å². The molecule has 7 nitrogen and oxygen atoms in total. The zero-order chi connectivity index (χ0) is 19.4. The Hall–Kier alpha value is -3.56. The molecule has 140 valence electrons. The van der Waals surface area contributed by atoms with Crippen LogP contribution in [0, 0.1) is 0 Å². The summed E-state index contributed by atoms with van der Waals surface area (Å²) < 4.78 is 43.3. The summed E-state index contributed by atoms with van der Waals surface area (Å²) in [6, 6.07) is 11.4. The Morgan fingerprint density at radius 1 is 1.07 bits per heavy atom. The number of alkyl halides is 3. The van der Waals surface area contributed by atoms with E-state index in [1.165, 1.54) is 12.1 Å². The number of nitrogens with one attached hydrogen (secondary N) is 2. The van der Waals surface area contributed by atoms with Crippen LogP contribution in [0.3, 0.4) is 0 Å². The number of nitrogens with zero attached hydrogens (tertiary/aromatic N) is 2. The molecule has 0 radical (unpaired) electrons. The third kappa shape index (κ3) is 4.54. The lowest BCUT2D eigenvalue weighted by Gasteiger charge is -2.11. The molecule has 0 atom stereocenters. The van der Waals surface area contributed by atoms with Crippen LogP contribution in [0.25, 0.3) is 11.5 Å². The molecular weight excluding hydrogens is 365 g/mol. The summed E-state index contributed by atoms with van der Waals surface area (Å²) in [4.78, 5) is 10.6. The Labute approximate surface area is 150 Å². The lowest BCUT2D eigenvalue weighted by molar-refractivity contribution is -0.137. The minimum Gasteiger partial charge on any atom is -0.480 e. The van der Waals surface area contributed by atoms with Crippen LogP contribution in [0.5, 0.6) is 0 Å². The Morgan fingerprint density at radius 2 is 1.78 bits per heavy atom. The number of aromatic nitrogens is 2. The van der Waals surface area contributed by atoms with E-state index < -0.39 is 17.7 Å². The number of anilines is 3. The number of para-hydroxylation sites is 1. The Bertz CT molecular complexity index is 939. The van der Waals surface area contributed by atoms with Gasteiger partial charge in [-0.05, 0) is 36.4 Å². The van der Waals surface area contributed by atoms with E-state index in [4.69, 9.17) is 9.52 Å². The van der Waals surface area contributed by atoms with E-state index in [2.05, 4.69) is 20.8 Å². The fourth-order valence-corrected chi connectivity index (χ4v) is 2.23. The fraction of sp³-hybridized carbons (Fsp3) is 0.118. The van der Waals surface area contributed by atoms with E-state index in [9.17, 15) is 18.0 Å². The maximum absolute atomic E-state index is 12.7. The average molecular weight is 378 g/mol. The van der Waals surface area contributed by atoms with Crippen LogP contribution in [-0.2, 0) is 11.0 Å². The van der Waals surface area contributed by atoms with Gasteiger partial charge in [-0.2, -0.15) is 13.2 Å². The second kappa shape index (κ2) is 7.36. The van der Waals surface area contributed by atoms with Crippen molar-refractivity contribution in [3.63, 3.8) is 0 Å². The second-order valence-corrected chi connectivity index (χ2v) is 5.41. The van der Waals surface area contributed by atoms with Crippen molar-refractivity contribution in [3.8, 4) is 11.5 Å². The Morgan fingerprint density at radius 3 is 2.44 bits per heavy atom. The second-order valence-electron chi connectivity index (χ2n) is 5.41. The average Bonchev–Trinajstić information content (AvgIpc) is 3.09. The van der Waals surface area contributed by atoms with Gasteiger partial charge in [0.2, 0.25) is 0 Å². The van der Waals surface area contributed by atoms with Gasteiger partial charge in [-0.25, -0.2) is 0 Å². The number of halogens is 3. The summed E-state index contributed by atoms with van der Waals surface area (Å²) >= 11 is 0. The summed E-state index contributed by atoms with van der Waals surface area (Å²) in [5.74, 6) is -0.961. The lowest BCUT2D eigenvalue weighted by Crippen LogP contribution is -2.12. The number of aliphatic carboxylic acids is 1. The van der Waals surface area contributed by atoms with E-state index in [0.29, 0.717) is 16.9 Å². The van der Waals surface area contributed by atoms with Crippen LogP contribution in [0.2, 0.25) is 0 Å². The highest BCUT2D eigenvalue weighted by molar-refractivity contribution is 5.77. The highest BCUT2D eigenvalue weighted by Gasteiger charge is 2.29. The van der Waals surface area contributed by atoms with Crippen LogP contribution in [0.15, 0.2) is 52.9 Å². The number of benzene rings is 2. The summed E-state index contributed by atoms with van der Waals surface area (Å²) in [6.45, 7) is -0.382. The molecule has 0 aliphatic heterocycles. The topological polar surface area (TPSA) is 100 Å². The molecular formula is C17H13F3N4O3. The van der Waals surface area contributed by atoms with Crippen LogP contribution < -0.4 is 10.6 Å². The molecule has 3 N–H and O–H groups in total. The molecule has 0 unspecified atom stereocenters. The third-order valence-corrected chi connectivity index (χ3v) is 3.46. The molecule has 10 heteroatoms. The summed E-state index contributed by atoms with van der Waals surface area (Å²) in [7, 11) is 0. The summed E-state index contributed by atoms with van der Waals surface area (Å²) in [5, 5.41) is 21.7. The summed E-state index contributed by atoms with van der Waals surface area (Å²) in [6.07, 6.45) is -4.40. The zero-order valence-electron chi connectivity index (χ0n) is 13.6. The van der Waals surface area contributed by atoms with Crippen molar-refractivity contribution in [1.29, 1.82) is 0 Å². The van der Waals surface area contributed by atoms with Gasteiger partial charge in [0, 0.05) is 5.69 Å². The number of hydrogen-bond acceptors (Lipinski definition) is 6. The fourth-order valence-electron chi connectivity index (χ4n) is 2.23. The molecule has 2 aromatic carbocycles. The number of carboxylic acids is 1. The highest BCUT2D eigenvalue weighted by Crippen LogP contribution is 2.32. The Balaban J connectivity index is 1.81. The van der Waals surface area contributed by atoms with Crippen LogP contribution in [0.1, 0.15) is 5.56 Å². The van der Waals surface area contributed by atoms with Gasteiger partial charge >= 0.3 is 18.2 Å². The van der Waals surface area contributed by atoms with Gasteiger partial charge in [-0.1, -0.05) is 17.2 Å². The molecule has 0 saturated heterocycles. The number of hydrogen-bond donors (Lipinski definition) is 3. The Kier molecular flexibility index (Phi) is 4.97. The summed E-state index contributed by atoms with van der Waals surface area (Å²) in [5.41, 5.74) is 0.741. The van der Waals surface area contributed by atoms with Crippen molar-refractivity contribution in [2.45, 2.75) is 6.18 Å². The SMILES string of the molecule is O=C(O)CNc1nnc(-c2ccccc2Nc2ccc(C(F)(F)F)cc2)o1. The monoisotopic (exact) mass is 378 g/mol. The molecule has 0 aliphatic rings. The molecule has 0 aliphatic carbocycles. The first-order valence-corrected chi connectivity index (χ1v) is 7.66. The molecule has 3 rings (SSSR count). The number of carbonyl (C=O) groups is 1. The van der Waals surface area contributed by atoms with Crippen molar-refractivity contribution < 1.29 is 27.5 Å².